The van der Waals surface area contributed by atoms with Crippen LogP contribution in [0.25, 0.3) is 0 Å². The first kappa shape index (κ1) is 14.6. The van der Waals surface area contributed by atoms with Crippen LogP contribution in [0.5, 0.6) is 0 Å². The average Bonchev–Trinajstić information content (AvgIpc) is 2.28. The molecule has 0 bridgehead atoms. The number of carbonyl (C=O) groups excluding carboxylic acids is 1. The van der Waals surface area contributed by atoms with Gasteiger partial charge in [-0.25, -0.2) is 0 Å². The van der Waals surface area contributed by atoms with Crippen molar-refractivity contribution in [3.05, 3.63) is 10.1 Å². The zero-order valence-electron chi connectivity index (χ0n) is 10.1. The van der Waals surface area contributed by atoms with Crippen molar-refractivity contribution in [3.8, 4) is 0 Å². The number of ketones is 1. The number of halogens is 1. The molecule has 0 amide bonds. The summed E-state index contributed by atoms with van der Waals surface area (Å²) in [5, 5.41) is 10.9. The third kappa shape index (κ3) is 5.15. The molecule has 4 nitrogen and oxygen atoms in total. The van der Waals surface area contributed by atoms with Gasteiger partial charge in [-0.15, -0.1) is 0 Å². The first-order valence-electron chi connectivity index (χ1n) is 6.44. The van der Waals surface area contributed by atoms with E-state index in [4.69, 9.17) is 0 Å². The zero-order valence-corrected chi connectivity index (χ0v) is 11.7. The standard InChI is InChI=1S/C12H20BrNO3/c13-10-8-6-4-2-1-3-5-7-9-11(12(10)15)14(16)17/h10-11H,1-9H2/t10-,11?/m1/s1. The predicted molar refractivity (Wildman–Crippen MR) is 70.1 cm³/mol. The number of alkyl halides is 1. The van der Waals surface area contributed by atoms with Gasteiger partial charge in [0.2, 0.25) is 5.78 Å². The van der Waals surface area contributed by atoms with Crippen LogP contribution >= 0.6 is 15.9 Å². The minimum Gasteiger partial charge on any atom is -0.291 e. The third-order valence-corrected chi connectivity index (χ3v) is 4.24. The first-order chi connectivity index (χ1) is 8.13. The molecule has 17 heavy (non-hydrogen) atoms. The molecule has 1 aliphatic rings. The third-order valence-electron chi connectivity index (χ3n) is 3.33. The van der Waals surface area contributed by atoms with Crippen LogP contribution in [0.1, 0.15) is 57.8 Å². The molecular formula is C12H20BrNO3. The predicted octanol–water partition coefficient (Wildman–Crippen LogP) is 3.49. The van der Waals surface area contributed by atoms with Crippen molar-refractivity contribution in [1.82, 2.24) is 0 Å². The van der Waals surface area contributed by atoms with Gasteiger partial charge in [0.1, 0.15) is 0 Å². The van der Waals surface area contributed by atoms with Gasteiger partial charge in [-0.1, -0.05) is 54.5 Å². The highest BCUT2D eigenvalue weighted by atomic mass is 79.9. The van der Waals surface area contributed by atoms with Gasteiger partial charge in [0.25, 0.3) is 6.04 Å². The highest BCUT2D eigenvalue weighted by molar-refractivity contribution is 9.10. The molecule has 0 aromatic heterocycles. The van der Waals surface area contributed by atoms with Gasteiger partial charge in [-0.3, -0.25) is 14.9 Å². The summed E-state index contributed by atoms with van der Waals surface area (Å²) in [5.41, 5.74) is 0. The molecule has 0 aromatic rings. The smallest absolute Gasteiger partial charge is 0.271 e. The van der Waals surface area contributed by atoms with Crippen LogP contribution in [-0.2, 0) is 4.79 Å². The summed E-state index contributed by atoms with van der Waals surface area (Å²) in [6, 6.07) is -1.00. The van der Waals surface area contributed by atoms with Gasteiger partial charge in [-0.2, -0.15) is 0 Å². The van der Waals surface area contributed by atoms with E-state index in [1.54, 1.807) is 0 Å². The number of hydrogen-bond acceptors (Lipinski definition) is 3. The largest absolute Gasteiger partial charge is 0.291 e. The summed E-state index contributed by atoms with van der Waals surface area (Å²) < 4.78 is 0. The lowest BCUT2D eigenvalue weighted by atomic mass is 9.97. The number of Topliss-reactive ketones (excluding diaryl/α,β-unsaturated/α-hetero) is 1. The van der Waals surface area contributed by atoms with Gasteiger partial charge in [0, 0.05) is 11.3 Å². The molecule has 0 saturated heterocycles. The van der Waals surface area contributed by atoms with Crippen LogP contribution in [0.4, 0.5) is 0 Å². The molecule has 1 unspecified atom stereocenters. The van der Waals surface area contributed by atoms with E-state index < -0.39 is 11.0 Å². The molecule has 5 heteroatoms. The molecule has 0 spiro atoms. The van der Waals surface area contributed by atoms with E-state index in [1.807, 2.05) is 0 Å². The van der Waals surface area contributed by atoms with Crippen LogP contribution < -0.4 is 0 Å². The normalized spacial score (nSPS) is 29.1. The first-order valence-corrected chi connectivity index (χ1v) is 7.36. The number of hydrogen-bond donors (Lipinski definition) is 0. The highest BCUT2D eigenvalue weighted by Crippen LogP contribution is 2.20. The van der Waals surface area contributed by atoms with E-state index in [-0.39, 0.29) is 10.6 Å². The van der Waals surface area contributed by atoms with E-state index in [2.05, 4.69) is 15.9 Å². The van der Waals surface area contributed by atoms with Crippen molar-refractivity contribution >= 4 is 21.7 Å². The molecule has 0 aliphatic heterocycles. The fourth-order valence-electron chi connectivity index (χ4n) is 2.25. The van der Waals surface area contributed by atoms with Crippen molar-refractivity contribution in [2.75, 3.05) is 0 Å². The summed E-state index contributed by atoms with van der Waals surface area (Å²) in [4.78, 5) is 22.1. The second kappa shape index (κ2) is 7.80. The van der Waals surface area contributed by atoms with Crippen LogP contribution in [-0.4, -0.2) is 21.6 Å². The van der Waals surface area contributed by atoms with Crippen LogP contribution in [0.2, 0.25) is 0 Å². The van der Waals surface area contributed by atoms with Gasteiger partial charge >= 0.3 is 0 Å². The van der Waals surface area contributed by atoms with E-state index in [1.165, 1.54) is 12.8 Å². The lowest BCUT2D eigenvalue weighted by molar-refractivity contribution is -0.508. The maximum atomic E-state index is 11.9. The zero-order chi connectivity index (χ0) is 12.7. The van der Waals surface area contributed by atoms with E-state index >= 15 is 0 Å². The van der Waals surface area contributed by atoms with Crippen molar-refractivity contribution in [2.24, 2.45) is 0 Å². The van der Waals surface area contributed by atoms with Crippen molar-refractivity contribution in [2.45, 2.75) is 68.7 Å². The Morgan fingerprint density at radius 3 is 2.00 bits per heavy atom. The van der Waals surface area contributed by atoms with Crippen LogP contribution in [0, 0.1) is 10.1 Å². The summed E-state index contributed by atoms with van der Waals surface area (Å²) >= 11 is 3.30. The molecule has 0 N–H and O–H groups in total. The Labute approximate surface area is 110 Å². The second-order valence-electron chi connectivity index (χ2n) is 4.72. The van der Waals surface area contributed by atoms with Crippen molar-refractivity contribution in [1.29, 1.82) is 0 Å². The molecule has 1 fully saturated rings. The fourth-order valence-corrected chi connectivity index (χ4v) is 2.88. The fraction of sp³-hybridized carbons (Fsp3) is 0.917. The Hall–Kier alpha value is -0.450. The molecule has 98 valence electrons. The summed E-state index contributed by atoms with van der Waals surface area (Å²) in [6.45, 7) is 0. The Morgan fingerprint density at radius 2 is 1.47 bits per heavy atom. The minimum atomic E-state index is -1.00. The van der Waals surface area contributed by atoms with Crippen molar-refractivity contribution < 1.29 is 9.72 Å². The van der Waals surface area contributed by atoms with E-state index in [9.17, 15) is 14.9 Å². The Bertz CT molecular complexity index is 270. The topological polar surface area (TPSA) is 60.2 Å². The summed E-state index contributed by atoms with van der Waals surface area (Å²) in [7, 11) is 0. The minimum absolute atomic E-state index is 0.240. The van der Waals surface area contributed by atoms with Gasteiger partial charge in [0.05, 0.1) is 4.83 Å². The molecule has 1 aliphatic carbocycles. The average molecular weight is 306 g/mol. The van der Waals surface area contributed by atoms with Gasteiger partial charge < -0.3 is 0 Å². The molecule has 0 heterocycles. The van der Waals surface area contributed by atoms with E-state index in [0.717, 1.165) is 38.5 Å². The van der Waals surface area contributed by atoms with E-state index in [0.29, 0.717) is 6.42 Å². The molecular weight excluding hydrogens is 286 g/mol. The van der Waals surface area contributed by atoms with Gasteiger partial charge in [0.15, 0.2) is 0 Å². The Morgan fingerprint density at radius 1 is 1.00 bits per heavy atom. The molecule has 1 rings (SSSR count). The molecule has 2 atom stereocenters. The monoisotopic (exact) mass is 305 g/mol. The van der Waals surface area contributed by atoms with Crippen molar-refractivity contribution in [3.63, 3.8) is 0 Å². The lowest BCUT2D eigenvalue weighted by Gasteiger charge is -2.14. The lowest BCUT2D eigenvalue weighted by Crippen LogP contribution is -2.35. The Balaban J connectivity index is 2.60. The highest BCUT2D eigenvalue weighted by Gasteiger charge is 2.33. The number of rotatable bonds is 1. The second-order valence-corrected chi connectivity index (χ2v) is 5.83. The molecule has 0 aromatic carbocycles. The SMILES string of the molecule is O=C1C([N+](=O)[O-])CCCCCCCCC[C@H]1Br. The van der Waals surface area contributed by atoms with Crippen LogP contribution in [0.15, 0.2) is 0 Å². The maximum Gasteiger partial charge on any atom is 0.271 e. The quantitative estimate of drug-likeness (QED) is 0.423. The van der Waals surface area contributed by atoms with Gasteiger partial charge in [-0.05, 0) is 12.8 Å². The Kier molecular flexibility index (Phi) is 6.70. The molecule has 0 radical (unpaired) electrons. The number of carbonyl (C=O) groups is 1. The van der Waals surface area contributed by atoms with Crippen LogP contribution in [0.3, 0.4) is 0 Å². The number of nitro groups is 1. The summed E-state index contributed by atoms with van der Waals surface area (Å²) in [5.74, 6) is -0.240. The summed E-state index contributed by atoms with van der Waals surface area (Å²) in [6.07, 6.45) is 8.58. The number of nitrogens with zero attached hydrogens (tertiary/aromatic N) is 1. The maximum absolute atomic E-state index is 11.9. The molecule has 1 saturated carbocycles.